The molecule has 0 aliphatic rings. The smallest absolute Gasteiger partial charge is 0.426 e. The van der Waals surface area contributed by atoms with Crippen LogP contribution < -0.4 is 0 Å². The maximum atomic E-state index is 12.6. The van der Waals surface area contributed by atoms with E-state index in [9.17, 15) is 31.1 Å². The average molecular weight is 322 g/mol. The van der Waals surface area contributed by atoms with Crippen molar-refractivity contribution in [2.45, 2.75) is 50.7 Å². The minimum absolute atomic E-state index is 0.270. The highest BCUT2D eigenvalue weighted by molar-refractivity contribution is 5.81. The summed E-state index contributed by atoms with van der Waals surface area (Å²) in [7, 11) is 0. The first kappa shape index (κ1) is 19.8. The van der Waals surface area contributed by atoms with E-state index < -0.39 is 36.4 Å². The Morgan fingerprint density at radius 1 is 1.19 bits per heavy atom. The third-order valence-corrected chi connectivity index (χ3v) is 2.64. The number of ether oxygens (including phenoxy) is 1. The first-order valence-electron chi connectivity index (χ1n) is 5.93. The van der Waals surface area contributed by atoms with Crippen molar-refractivity contribution in [2.24, 2.45) is 5.92 Å². The molecular weight excluding hydrogens is 306 g/mol. The number of alkyl halides is 6. The maximum absolute atomic E-state index is 12.6. The van der Waals surface area contributed by atoms with Crippen molar-refractivity contribution in [1.29, 1.82) is 0 Å². The van der Waals surface area contributed by atoms with Crippen molar-refractivity contribution in [3.63, 3.8) is 0 Å². The molecule has 124 valence electrons. The van der Waals surface area contributed by atoms with E-state index in [0.29, 0.717) is 6.08 Å². The molecule has 0 fully saturated rings. The van der Waals surface area contributed by atoms with Gasteiger partial charge in [-0.1, -0.05) is 20.4 Å². The molecule has 0 radical (unpaired) electrons. The fraction of sp³-hybridized carbons (Fsp3) is 0.750. The summed E-state index contributed by atoms with van der Waals surface area (Å²) in [6.45, 7) is 6.05. The van der Waals surface area contributed by atoms with E-state index in [4.69, 9.17) is 5.11 Å². The molecule has 0 aliphatic carbocycles. The molecule has 0 spiro atoms. The van der Waals surface area contributed by atoms with Gasteiger partial charge in [-0.3, -0.25) is 0 Å². The summed E-state index contributed by atoms with van der Waals surface area (Å²) >= 11 is 0. The fourth-order valence-electron chi connectivity index (χ4n) is 1.63. The number of halogens is 6. The highest BCUT2D eigenvalue weighted by atomic mass is 19.4. The van der Waals surface area contributed by atoms with Crippen LogP contribution in [0.4, 0.5) is 26.3 Å². The molecule has 1 atom stereocenters. The van der Waals surface area contributed by atoms with E-state index in [1.807, 2.05) is 0 Å². The van der Waals surface area contributed by atoms with Crippen LogP contribution in [0.15, 0.2) is 12.7 Å². The lowest BCUT2D eigenvalue weighted by Crippen LogP contribution is -2.58. The summed E-state index contributed by atoms with van der Waals surface area (Å²) in [6, 6.07) is 0. The van der Waals surface area contributed by atoms with Crippen LogP contribution in [-0.2, 0) is 9.53 Å². The molecule has 0 heterocycles. The topological polar surface area (TPSA) is 46.5 Å². The molecule has 0 aromatic rings. The molecule has 0 aliphatic heterocycles. The third kappa shape index (κ3) is 5.22. The predicted octanol–water partition coefficient (Wildman–Crippen LogP) is 3.38. The number of esters is 1. The second kappa shape index (κ2) is 6.67. The molecule has 0 saturated heterocycles. The van der Waals surface area contributed by atoms with Crippen molar-refractivity contribution < 1.29 is 41.0 Å². The van der Waals surface area contributed by atoms with Crippen LogP contribution in [0.3, 0.4) is 0 Å². The van der Waals surface area contributed by atoms with Crippen molar-refractivity contribution in [3.8, 4) is 0 Å². The Kier molecular flexibility index (Phi) is 6.28. The Hall–Kier alpha value is -1.25. The van der Waals surface area contributed by atoms with E-state index in [1.165, 1.54) is 13.8 Å². The zero-order chi connectivity index (χ0) is 17.1. The van der Waals surface area contributed by atoms with Crippen LogP contribution in [0.25, 0.3) is 0 Å². The van der Waals surface area contributed by atoms with Gasteiger partial charge in [-0.25, -0.2) is 4.79 Å². The maximum Gasteiger partial charge on any atom is 0.426 e. The average Bonchev–Trinajstić information content (AvgIpc) is 2.24. The number of hydrogen-bond donors (Lipinski definition) is 1. The highest BCUT2D eigenvalue weighted by Crippen LogP contribution is 2.46. The summed E-state index contributed by atoms with van der Waals surface area (Å²) in [5, 5.41) is 9.09. The van der Waals surface area contributed by atoms with E-state index in [0.717, 1.165) is 0 Å². The van der Waals surface area contributed by atoms with Gasteiger partial charge in [0.25, 0.3) is 5.60 Å². The van der Waals surface area contributed by atoms with Crippen molar-refractivity contribution in [1.82, 2.24) is 0 Å². The van der Waals surface area contributed by atoms with Crippen LogP contribution in [0, 0.1) is 5.92 Å². The van der Waals surface area contributed by atoms with Crippen LogP contribution in [0.1, 0.15) is 26.7 Å². The second-order valence-corrected chi connectivity index (χ2v) is 4.95. The molecule has 21 heavy (non-hydrogen) atoms. The lowest BCUT2D eigenvalue weighted by atomic mass is 9.90. The van der Waals surface area contributed by atoms with E-state index in [-0.39, 0.29) is 12.3 Å². The highest BCUT2D eigenvalue weighted by Gasteiger charge is 2.70. The molecular formula is C12H16F6O3. The molecule has 3 nitrogen and oxygen atoms in total. The monoisotopic (exact) mass is 322 g/mol. The van der Waals surface area contributed by atoms with Crippen molar-refractivity contribution >= 4 is 5.97 Å². The first-order chi connectivity index (χ1) is 9.24. The third-order valence-electron chi connectivity index (χ3n) is 2.64. The summed E-state index contributed by atoms with van der Waals surface area (Å²) in [5.74, 6) is -1.51. The van der Waals surface area contributed by atoms with Gasteiger partial charge in [-0.2, -0.15) is 26.3 Å². The fourth-order valence-corrected chi connectivity index (χ4v) is 1.63. The summed E-state index contributed by atoms with van der Waals surface area (Å²) < 4.78 is 80.0. The lowest BCUT2D eigenvalue weighted by molar-refractivity contribution is -0.374. The quantitative estimate of drug-likeness (QED) is 0.463. The van der Waals surface area contributed by atoms with Crippen LogP contribution >= 0.6 is 0 Å². The van der Waals surface area contributed by atoms with Crippen molar-refractivity contribution in [3.05, 3.63) is 12.7 Å². The molecule has 1 N–H and O–H groups in total. The Bertz CT molecular complexity index is 358. The summed E-state index contributed by atoms with van der Waals surface area (Å²) in [6.07, 6.45) is -15.1. The SMILES string of the molecule is C=CC(=O)OC(CC(C)C)CC(O)(C(F)(F)F)C(F)(F)F. The molecule has 0 aromatic heterocycles. The van der Waals surface area contributed by atoms with Gasteiger partial charge in [-0.15, -0.1) is 0 Å². The largest absolute Gasteiger partial charge is 0.459 e. The van der Waals surface area contributed by atoms with E-state index >= 15 is 0 Å². The van der Waals surface area contributed by atoms with E-state index in [2.05, 4.69) is 11.3 Å². The normalized spacial score (nSPS) is 15.0. The summed E-state index contributed by atoms with van der Waals surface area (Å²) in [4.78, 5) is 11.0. The van der Waals surface area contributed by atoms with Crippen LogP contribution in [-0.4, -0.2) is 35.1 Å². The number of aliphatic hydroxyl groups is 1. The molecule has 0 bridgehead atoms. The molecule has 0 rings (SSSR count). The zero-order valence-corrected chi connectivity index (χ0v) is 11.4. The lowest BCUT2D eigenvalue weighted by Gasteiger charge is -2.35. The Balaban J connectivity index is 5.41. The molecule has 0 saturated carbocycles. The van der Waals surface area contributed by atoms with Gasteiger partial charge in [0.05, 0.1) is 0 Å². The van der Waals surface area contributed by atoms with Crippen LogP contribution in [0.5, 0.6) is 0 Å². The molecule has 1 unspecified atom stereocenters. The van der Waals surface area contributed by atoms with Gasteiger partial charge in [0, 0.05) is 12.5 Å². The van der Waals surface area contributed by atoms with Crippen LogP contribution in [0.2, 0.25) is 0 Å². The van der Waals surface area contributed by atoms with Gasteiger partial charge in [0.15, 0.2) is 0 Å². The number of carbonyl (C=O) groups is 1. The molecule has 9 heteroatoms. The molecule has 0 aromatic carbocycles. The second-order valence-electron chi connectivity index (χ2n) is 4.95. The molecule has 0 amide bonds. The van der Waals surface area contributed by atoms with Crippen molar-refractivity contribution in [2.75, 3.05) is 0 Å². The minimum atomic E-state index is -5.94. The zero-order valence-electron chi connectivity index (χ0n) is 11.4. The summed E-state index contributed by atoms with van der Waals surface area (Å²) in [5.41, 5.74) is -4.94. The minimum Gasteiger partial charge on any atom is -0.459 e. The number of rotatable bonds is 6. The standard InChI is InChI=1S/C12H16F6O3/c1-4-9(19)21-8(5-7(2)3)6-10(20,11(13,14)15)12(16,17)18/h4,7-8,20H,1,5-6H2,2-3H3. The Morgan fingerprint density at radius 2 is 1.62 bits per heavy atom. The number of carbonyl (C=O) groups excluding carboxylic acids is 1. The Morgan fingerprint density at radius 3 is 1.90 bits per heavy atom. The Labute approximate surface area is 117 Å². The first-order valence-corrected chi connectivity index (χ1v) is 5.93. The van der Waals surface area contributed by atoms with Gasteiger partial charge in [-0.05, 0) is 12.3 Å². The van der Waals surface area contributed by atoms with Gasteiger partial charge in [0.1, 0.15) is 6.10 Å². The van der Waals surface area contributed by atoms with Gasteiger partial charge >= 0.3 is 18.3 Å². The van der Waals surface area contributed by atoms with Gasteiger partial charge < -0.3 is 9.84 Å². The number of hydrogen-bond acceptors (Lipinski definition) is 3. The van der Waals surface area contributed by atoms with E-state index in [1.54, 1.807) is 0 Å². The van der Waals surface area contributed by atoms with Gasteiger partial charge in [0.2, 0.25) is 0 Å². The predicted molar refractivity (Wildman–Crippen MR) is 61.2 cm³/mol.